The molecule has 0 aromatic heterocycles. The first kappa shape index (κ1) is 27.0. The maximum Gasteiger partial charge on any atom is 0.343 e. The molecule has 0 radical (unpaired) electrons. The second kappa shape index (κ2) is 15.4. The van der Waals surface area contributed by atoms with E-state index < -0.39 is 0 Å². The van der Waals surface area contributed by atoms with Gasteiger partial charge in [-0.05, 0) is 98.7 Å². The van der Waals surface area contributed by atoms with Gasteiger partial charge in [-0.1, -0.05) is 63.7 Å². The Morgan fingerprint density at radius 1 is 0.857 bits per heavy atom. The molecular weight excluding hydrogens is 432 g/mol. The number of rotatable bonds is 15. The minimum Gasteiger partial charge on any atom is -0.494 e. The van der Waals surface area contributed by atoms with Gasteiger partial charge in [0.05, 0.1) is 12.2 Å². The number of benzene rings is 2. The highest BCUT2D eigenvalue weighted by molar-refractivity contribution is 5.91. The standard InChI is InChI=1S/C32H44O3/c1-3-5-7-8-9-11-25-34-30-21-19-29(20-22-30)32(33)35-31-23-17-28(18-24-31)27-15-13-26(14-16-27)12-10-6-4-2/h4,17-24,26-27H,2-3,5-16,25H2,1H3. The van der Waals surface area contributed by atoms with Crippen molar-refractivity contribution in [3.05, 3.63) is 72.3 Å². The Labute approximate surface area is 212 Å². The molecule has 0 amide bonds. The minimum atomic E-state index is -0.333. The first-order valence-corrected chi connectivity index (χ1v) is 13.9. The third-order valence-corrected chi connectivity index (χ3v) is 7.29. The van der Waals surface area contributed by atoms with Gasteiger partial charge in [0.2, 0.25) is 0 Å². The van der Waals surface area contributed by atoms with Crippen LogP contribution in [0.1, 0.15) is 112 Å². The van der Waals surface area contributed by atoms with Crippen molar-refractivity contribution < 1.29 is 14.3 Å². The Balaban J connectivity index is 1.39. The van der Waals surface area contributed by atoms with E-state index in [1.807, 2.05) is 30.3 Å². The number of allylic oxidation sites excluding steroid dienone is 1. The predicted octanol–water partition coefficient (Wildman–Crippen LogP) is 9.28. The van der Waals surface area contributed by atoms with Crippen LogP contribution in [0, 0.1) is 5.92 Å². The molecule has 1 aliphatic rings. The SMILES string of the molecule is C=CCCCC1CCC(c2ccc(OC(=O)c3ccc(OCCCCCCCC)cc3)cc2)CC1. The Morgan fingerprint density at radius 2 is 1.51 bits per heavy atom. The highest BCUT2D eigenvalue weighted by atomic mass is 16.5. The molecule has 2 aromatic rings. The fraction of sp³-hybridized carbons (Fsp3) is 0.531. The van der Waals surface area contributed by atoms with Gasteiger partial charge in [-0.3, -0.25) is 0 Å². The van der Waals surface area contributed by atoms with Crippen molar-refractivity contribution in [3.63, 3.8) is 0 Å². The molecule has 0 bridgehead atoms. The lowest BCUT2D eigenvalue weighted by Gasteiger charge is -2.28. The second-order valence-electron chi connectivity index (χ2n) is 10.0. The van der Waals surface area contributed by atoms with Crippen LogP contribution in [0.15, 0.2) is 61.2 Å². The zero-order chi connectivity index (χ0) is 24.7. The summed E-state index contributed by atoms with van der Waals surface area (Å²) in [6, 6.07) is 15.4. The molecular formula is C32H44O3. The van der Waals surface area contributed by atoms with Gasteiger partial charge in [0.25, 0.3) is 0 Å². The molecule has 0 N–H and O–H groups in total. The summed E-state index contributed by atoms with van der Waals surface area (Å²) in [6.45, 7) is 6.78. The molecule has 3 heteroatoms. The topological polar surface area (TPSA) is 35.5 Å². The highest BCUT2D eigenvalue weighted by Crippen LogP contribution is 2.38. The van der Waals surface area contributed by atoms with E-state index in [0.717, 1.165) is 31.1 Å². The summed E-state index contributed by atoms with van der Waals surface area (Å²) in [5.41, 5.74) is 1.90. The predicted molar refractivity (Wildman–Crippen MR) is 145 cm³/mol. The maximum absolute atomic E-state index is 12.6. The van der Waals surface area contributed by atoms with Crippen molar-refractivity contribution in [1.82, 2.24) is 0 Å². The molecule has 0 unspecified atom stereocenters. The van der Waals surface area contributed by atoms with Crippen molar-refractivity contribution in [1.29, 1.82) is 0 Å². The summed E-state index contributed by atoms with van der Waals surface area (Å²) in [6.07, 6.45) is 18.4. The lowest BCUT2D eigenvalue weighted by Crippen LogP contribution is -2.13. The summed E-state index contributed by atoms with van der Waals surface area (Å²) in [5, 5.41) is 0. The Hall–Kier alpha value is -2.55. The average Bonchev–Trinajstić information content (AvgIpc) is 2.89. The maximum atomic E-state index is 12.6. The van der Waals surface area contributed by atoms with Crippen molar-refractivity contribution in [2.75, 3.05) is 6.61 Å². The van der Waals surface area contributed by atoms with Gasteiger partial charge in [0.1, 0.15) is 11.5 Å². The van der Waals surface area contributed by atoms with Crippen LogP contribution < -0.4 is 9.47 Å². The molecule has 1 aliphatic carbocycles. The van der Waals surface area contributed by atoms with E-state index in [-0.39, 0.29) is 5.97 Å². The van der Waals surface area contributed by atoms with E-state index in [2.05, 4.69) is 25.6 Å². The Bertz CT molecular complexity index is 861. The third-order valence-electron chi connectivity index (χ3n) is 7.29. The normalized spacial score (nSPS) is 17.6. The van der Waals surface area contributed by atoms with Crippen LogP contribution in [0.5, 0.6) is 11.5 Å². The van der Waals surface area contributed by atoms with Gasteiger partial charge in [0, 0.05) is 0 Å². The van der Waals surface area contributed by atoms with Crippen LogP contribution in [-0.4, -0.2) is 12.6 Å². The second-order valence-corrected chi connectivity index (χ2v) is 10.0. The summed E-state index contributed by atoms with van der Waals surface area (Å²) in [4.78, 5) is 12.6. The number of carbonyl (C=O) groups is 1. The molecule has 3 rings (SSSR count). The van der Waals surface area contributed by atoms with Gasteiger partial charge in [-0.25, -0.2) is 4.79 Å². The molecule has 190 valence electrons. The van der Waals surface area contributed by atoms with Crippen LogP contribution >= 0.6 is 0 Å². The molecule has 0 heterocycles. The highest BCUT2D eigenvalue weighted by Gasteiger charge is 2.22. The van der Waals surface area contributed by atoms with E-state index in [0.29, 0.717) is 17.2 Å². The fourth-order valence-electron chi connectivity index (χ4n) is 5.07. The minimum absolute atomic E-state index is 0.333. The van der Waals surface area contributed by atoms with Crippen molar-refractivity contribution in [2.24, 2.45) is 5.92 Å². The quantitative estimate of drug-likeness (QED) is 0.111. The summed E-state index contributed by atoms with van der Waals surface area (Å²) in [5.74, 6) is 2.56. The van der Waals surface area contributed by atoms with Crippen molar-refractivity contribution in [2.45, 2.75) is 96.3 Å². The van der Waals surface area contributed by atoms with Crippen molar-refractivity contribution >= 4 is 5.97 Å². The molecule has 1 saturated carbocycles. The van der Waals surface area contributed by atoms with Crippen LogP contribution in [-0.2, 0) is 0 Å². The number of esters is 1. The lowest BCUT2D eigenvalue weighted by molar-refractivity contribution is 0.0734. The molecule has 35 heavy (non-hydrogen) atoms. The average molecular weight is 477 g/mol. The number of hydrogen-bond acceptors (Lipinski definition) is 3. The van der Waals surface area contributed by atoms with Gasteiger partial charge in [-0.2, -0.15) is 0 Å². The van der Waals surface area contributed by atoms with Crippen LogP contribution in [0.25, 0.3) is 0 Å². The van der Waals surface area contributed by atoms with Gasteiger partial charge >= 0.3 is 5.97 Å². The smallest absolute Gasteiger partial charge is 0.343 e. The number of carbonyl (C=O) groups excluding carboxylic acids is 1. The van der Waals surface area contributed by atoms with E-state index in [1.165, 1.54) is 76.2 Å². The molecule has 0 saturated heterocycles. The molecule has 2 aromatic carbocycles. The lowest BCUT2D eigenvalue weighted by atomic mass is 9.77. The summed E-state index contributed by atoms with van der Waals surface area (Å²) in [7, 11) is 0. The Kier molecular flexibility index (Phi) is 11.9. The molecule has 0 atom stereocenters. The van der Waals surface area contributed by atoms with Gasteiger partial charge in [-0.15, -0.1) is 6.58 Å². The van der Waals surface area contributed by atoms with E-state index in [9.17, 15) is 4.79 Å². The molecule has 1 fully saturated rings. The largest absolute Gasteiger partial charge is 0.494 e. The zero-order valence-corrected chi connectivity index (χ0v) is 21.7. The van der Waals surface area contributed by atoms with Gasteiger partial charge in [0.15, 0.2) is 0 Å². The third kappa shape index (κ3) is 9.55. The summed E-state index contributed by atoms with van der Waals surface area (Å²) < 4.78 is 11.4. The number of ether oxygens (including phenoxy) is 2. The number of hydrogen-bond donors (Lipinski definition) is 0. The first-order chi connectivity index (χ1) is 17.2. The van der Waals surface area contributed by atoms with E-state index in [4.69, 9.17) is 9.47 Å². The fourth-order valence-corrected chi connectivity index (χ4v) is 5.07. The van der Waals surface area contributed by atoms with Gasteiger partial charge < -0.3 is 9.47 Å². The molecule has 3 nitrogen and oxygen atoms in total. The van der Waals surface area contributed by atoms with Crippen LogP contribution in [0.3, 0.4) is 0 Å². The van der Waals surface area contributed by atoms with E-state index >= 15 is 0 Å². The Morgan fingerprint density at radius 3 is 2.20 bits per heavy atom. The van der Waals surface area contributed by atoms with E-state index in [1.54, 1.807) is 12.1 Å². The van der Waals surface area contributed by atoms with Crippen LogP contribution in [0.4, 0.5) is 0 Å². The monoisotopic (exact) mass is 476 g/mol. The summed E-state index contributed by atoms with van der Waals surface area (Å²) >= 11 is 0. The first-order valence-electron chi connectivity index (χ1n) is 13.9. The molecule has 0 spiro atoms. The van der Waals surface area contributed by atoms with Crippen molar-refractivity contribution in [3.8, 4) is 11.5 Å². The zero-order valence-electron chi connectivity index (χ0n) is 21.7. The van der Waals surface area contributed by atoms with Crippen LogP contribution in [0.2, 0.25) is 0 Å². The number of unbranched alkanes of at least 4 members (excludes halogenated alkanes) is 6. The molecule has 0 aliphatic heterocycles.